The number of nitrogens with zero attached hydrogens (tertiary/aromatic N) is 4. The monoisotopic (exact) mass is 328 g/mol. The van der Waals surface area contributed by atoms with Gasteiger partial charge in [-0.15, -0.1) is 5.10 Å². The Morgan fingerprint density at radius 1 is 1.00 bits per heavy atom. The Hall–Kier alpha value is -1.39. The molecule has 24 heavy (non-hydrogen) atoms. The lowest BCUT2D eigenvalue weighted by Crippen LogP contribution is -2.43. The quantitative estimate of drug-likeness (QED) is 0.839. The van der Waals surface area contributed by atoms with Gasteiger partial charge in [0.1, 0.15) is 0 Å². The maximum Gasteiger partial charge on any atom is 0.225 e. The van der Waals surface area contributed by atoms with Crippen LogP contribution in [0.3, 0.4) is 0 Å². The van der Waals surface area contributed by atoms with Gasteiger partial charge >= 0.3 is 0 Å². The molecule has 2 bridgehead atoms. The third-order valence-electron chi connectivity index (χ3n) is 7.13. The highest BCUT2D eigenvalue weighted by Gasteiger charge is 2.44. The molecule has 2 saturated carbocycles. The summed E-state index contributed by atoms with van der Waals surface area (Å²) in [5, 5.41) is 8.87. The maximum absolute atomic E-state index is 12.9. The van der Waals surface area contributed by atoms with Crippen LogP contribution in [-0.2, 0) is 17.6 Å². The highest BCUT2D eigenvalue weighted by Crippen LogP contribution is 2.49. The van der Waals surface area contributed by atoms with Crippen LogP contribution >= 0.6 is 0 Å². The first-order valence-corrected chi connectivity index (χ1v) is 10.0. The van der Waals surface area contributed by atoms with E-state index in [1.807, 2.05) is 0 Å². The predicted octanol–water partition coefficient (Wildman–Crippen LogP) is 2.76. The molecule has 0 aromatic carbocycles. The van der Waals surface area contributed by atoms with E-state index in [4.69, 9.17) is 0 Å². The van der Waals surface area contributed by atoms with Crippen LogP contribution in [0.2, 0.25) is 0 Å². The molecular weight excluding hydrogens is 300 g/mol. The molecule has 0 unspecified atom stereocenters. The molecule has 3 fully saturated rings. The van der Waals surface area contributed by atoms with Gasteiger partial charge in [0, 0.05) is 19.0 Å². The summed E-state index contributed by atoms with van der Waals surface area (Å²) < 4.78 is 2.20. The Morgan fingerprint density at radius 2 is 1.83 bits per heavy atom. The molecule has 1 saturated heterocycles. The Labute approximate surface area is 143 Å². The number of hydrogen-bond acceptors (Lipinski definition) is 3. The summed E-state index contributed by atoms with van der Waals surface area (Å²) in [6, 6.07) is 0.448. The number of aromatic nitrogens is 3. The fourth-order valence-corrected chi connectivity index (χ4v) is 5.79. The molecule has 1 aromatic heterocycles. The topological polar surface area (TPSA) is 51.0 Å². The van der Waals surface area contributed by atoms with Gasteiger partial charge in [0.2, 0.25) is 5.91 Å². The molecule has 2 heterocycles. The van der Waals surface area contributed by atoms with Crippen molar-refractivity contribution in [1.29, 1.82) is 0 Å². The Balaban J connectivity index is 1.23. The summed E-state index contributed by atoms with van der Waals surface area (Å²) in [7, 11) is 0. The summed E-state index contributed by atoms with van der Waals surface area (Å²) in [6.07, 6.45) is 12.0. The molecule has 1 aliphatic heterocycles. The van der Waals surface area contributed by atoms with E-state index in [2.05, 4.69) is 19.9 Å². The van der Waals surface area contributed by atoms with E-state index < -0.39 is 0 Å². The zero-order valence-electron chi connectivity index (χ0n) is 14.5. The van der Waals surface area contributed by atoms with Gasteiger partial charge in [-0.25, -0.2) is 4.68 Å². The van der Waals surface area contributed by atoms with Gasteiger partial charge in [0.15, 0.2) is 0 Å². The molecule has 0 spiro atoms. The van der Waals surface area contributed by atoms with Crippen molar-refractivity contribution >= 4 is 5.91 Å². The summed E-state index contributed by atoms with van der Waals surface area (Å²) in [5.41, 5.74) is 2.60. The van der Waals surface area contributed by atoms with Crippen LogP contribution in [0.25, 0.3) is 0 Å². The minimum absolute atomic E-state index is 0.347. The second-order valence-corrected chi connectivity index (χ2v) is 8.47. The standard InChI is InChI=1S/C19H28N4O/c24-19(16-12-13-5-6-14(16)11-13)22-9-7-15(8-10-22)23-18-4-2-1-3-17(18)20-21-23/h13-16H,1-12H2/t13-,14-,16+/m0/s1. The third-order valence-corrected chi connectivity index (χ3v) is 7.13. The largest absolute Gasteiger partial charge is 0.342 e. The van der Waals surface area contributed by atoms with Crippen molar-refractivity contribution in [3.05, 3.63) is 11.4 Å². The van der Waals surface area contributed by atoms with Crippen molar-refractivity contribution in [3.8, 4) is 0 Å². The molecule has 5 rings (SSSR count). The van der Waals surface area contributed by atoms with Gasteiger partial charge in [0.25, 0.3) is 0 Å². The number of aryl methyl sites for hydroxylation is 1. The van der Waals surface area contributed by atoms with Crippen LogP contribution in [0.1, 0.15) is 68.8 Å². The summed E-state index contributed by atoms with van der Waals surface area (Å²) >= 11 is 0. The zero-order chi connectivity index (χ0) is 16.1. The van der Waals surface area contributed by atoms with Crippen molar-refractivity contribution < 1.29 is 4.79 Å². The molecule has 5 nitrogen and oxygen atoms in total. The van der Waals surface area contributed by atoms with E-state index in [0.29, 0.717) is 23.8 Å². The second-order valence-electron chi connectivity index (χ2n) is 8.47. The number of rotatable bonds is 2. The van der Waals surface area contributed by atoms with E-state index >= 15 is 0 Å². The fourth-order valence-electron chi connectivity index (χ4n) is 5.79. The van der Waals surface area contributed by atoms with Crippen LogP contribution in [0.5, 0.6) is 0 Å². The van der Waals surface area contributed by atoms with Crippen molar-refractivity contribution in [2.75, 3.05) is 13.1 Å². The van der Waals surface area contributed by atoms with E-state index in [0.717, 1.165) is 44.7 Å². The number of piperidine rings is 1. The number of fused-ring (bicyclic) bond motifs is 3. The van der Waals surface area contributed by atoms with E-state index in [-0.39, 0.29) is 0 Å². The van der Waals surface area contributed by atoms with Crippen LogP contribution in [-0.4, -0.2) is 38.9 Å². The van der Waals surface area contributed by atoms with Gasteiger partial charge in [-0.3, -0.25) is 4.79 Å². The van der Waals surface area contributed by atoms with Crippen LogP contribution < -0.4 is 0 Å². The highest BCUT2D eigenvalue weighted by molar-refractivity contribution is 5.79. The first kappa shape index (κ1) is 14.9. The number of carbonyl (C=O) groups is 1. The van der Waals surface area contributed by atoms with Crippen molar-refractivity contribution in [2.45, 2.75) is 70.3 Å². The van der Waals surface area contributed by atoms with E-state index in [1.165, 1.54) is 49.9 Å². The number of likely N-dealkylation sites (tertiary alicyclic amines) is 1. The Morgan fingerprint density at radius 3 is 2.58 bits per heavy atom. The van der Waals surface area contributed by atoms with Crippen molar-refractivity contribution in [2.24, 2.45) is 17.8 Å². The van der Waals surface area contributed by atoms with Gasteiger partial charge in [-0.1, -0.05) is 11.6 Å². The first-order chi connectivity index (χ1) is 11.8. The van der Waals surface area contributed by atoms with Crippen LogP contribution in [0.15, 0.2) is 0 Å². The van der Waals surface area contributed by atoms with E-state index in [9.17, 15) is 4.79 Å². The fraction of sp³-hybridized carbons (Fsp3) is 0.842. The zero-order valence-corrected chi connectivity index (χ0v) is 14.5. The number of hydrogen-bond donors (Lipinski definition) is 0. The smallest absolute Gasteiger partial charge is 0.225 e. The SMILES string of the molecule is O=C([C@@H]1C[C@H]2CC[C@H]1C2)N1CCC(n2nnc3c2CCCC3)CC1. The molecule has 5 heteroatoms. The second kappa shape index (κ2) is 5.85. The minimum atomic E-state index is 0.347. The summed E-state index contributed by atoms with van der Waals surface area (Å²) in [5.74, 6) is 2.35. The van der Waals surface area contributed by atoms with Gasteiger partial charge in [0.05, 0.1) is 17.4 Å². The molecule has 0 radical (unpaired) electrons. The molecule has 3 atom stereocenters. The van der Waals surface area contributed by atoms with Gasteiger partial charge in [-0.2, -0.15) is 0 Å². The lowest BCUT2D eigenvalue weighted by molar-refractivity contribution is -0.138. The van der Waals surface area contributed by atoms with Crippen LogP contribution in [0.4, 0.5) is 0 Å². The maximum atomic E-state index is 12.9. The Kier molecular flexibility index (Phi) is 3.64. The predicted molar refractivity (Wildman–Crippen MR) is 90.5 cm³/mol. The molecular formula is C19H28N4O. The highest BCUT2D eigenvalue weighted by atomic mass is 16.2. The van der Waals surface area contributed by atoms with Crippen LogP contribution in [0, 0.1) is 17.8 Å². The van der Waals surface area contributed by atoms with Crippen molar-refractivity contribution in [1.82, 2.24) is 19.9 Å². The van der Waals surface area contributed by atoms with E-state index in [1.54, 1.807) is 0 Å². The van der Waals surface area contributed by atoms with Gasteiger partial charge in [-0.05, 0) is 69.6 Å². The molecule has 130 valence electrons. The third kappa shape index (κ3) is 2.39. The molecule has 1 aromatic rings. The number of carbonyl (C=O) groups excluding carboxylic acids is 1. The average Bonchev–Trinajstić information content (AvgIpc) is 3.36. The molecule has 3 aliphatic carbocycles. The summed E-state index contributed by atoms with van der Waals surface area (Å²) in [6.45, 7) is 1.82. The molecule has 4 aliphatic rings. The van der Waals surface area contributed by atoms with Crippen molar-refractivity contribution in [3.63, 3.8) is 0 Å². The number of amides is 1. The lowest BCUT2D eigenvalue weighted by Gasteiger charge is -2.35. The average molecular weight is 328 g/mol. The lowest BCUT2D eigenvalue weighted by atomic mass is 9.87. The van der Waals surface area contributed by atoms with Gasteiger partial charge < -0.3 is 4.90 Å². The summed E-state index contributed by atoms with van der Waals surface area (Å²) in [4.78, 5) is 15.1. The molecule has 1 amide bonds. The minimum Gasteiger partial charge on any atom is -0.342 e. The first-order valence-electron chi connectivity index (χ1n) is 10.0. The molecule has 0 N–H and O–H groups in total. The normalized spacial score (nSPS) is 33.0. The Bertz CT molecular complexity index is 631.